The van der Waals surface area contributed by atoms with Crippen LogP contribution in [-0.4, -0.2) is 16.8 Å². The molecule has 0 aliphatic carbocycles. The highest BCUT2D eigenvalue weighted by molar-refractivity contribution is 7.21. The molecule has 1 aliphatic heterocycles. The van der Waals surface area contributed by atoms with Gasteiger partial charge in [-0.25, -0.2) is 14.3 Å². The number of carbonyl (C=O) groups is 2. The van der Waals surface area contributed by atoms with E-state index in [-0.39, 0.29) is 17.6 Å². The van der Waals surface area contributed by atoms with Crippen LogP contribution in [0.3, 0.4) is 0 Å². The van der Waals surface area contributed by atoms with Crippen molar-refractivity contribution in [2.75, 3.05) is 4.90 Å². The number of aromatic nitrogens is 1. The first-order valence-electron chi connectivity index (χ1n) is 8.26. The molecule has 1 aliphatic rings. The Labute approximate surface area is 157 Å². The smallest absolute Gasteiger partial charge is 0.266 e. The van der Waals surface area contributed by atoms with E-state index < -0.39 is 0 Å². The summed E-state index contributed by atoms with van der Waals surface area (Å²) >= 11 is 1.39. The van der Waals surface area contributed by atoms with E-state index in [2.05, 4.69) is 4.98 Å². The van der Waals surface area contributed by atoms with Gasteiger partial charge in [0.2, 0.25) is 0 Å². The van der Waals surface area contributed by atoms with Crippen LogP contribution in [0.2, 0.25) is 0 Å². The van der Waals surface area contributed by atoms with E-state index in [4.69, 9.17) is 0 Å². The molecule has 0 unspecified atom stereocenters. The van der Waals surface area contributed by atoms with Crippen molar-refractivity contribution >= 4 is 39.1 Å². The summed E-state index contributed by atoms with van der Waals surface area (Å²) in [4.78, 5) is 30.8. The Kier molecular flexibility index (Phi) is 3.42. The number of nitrogens with zero attached hydrogens (tertiary/aromatic N) is 2. The summed E-state index contributed by atoms with van der Waals surface area (Å²) in [6.45, 7) is 0. The topological polar surface area (TPSA) is 50.3 Å². The molecule has 0 fully saturated rings. The van der Waals surface area contributed by atoms with Gasteiger partial charge in [0.15, 0.2) is 0 Å². The SMILES string of the molecule is O=C1c2ccccc2C(=O)N1c1ccc(-c2nc3ccc(F)cc3s2)cc1. The number of imide groups is 1. The molecule has 0 atom stereocenters. The number of rotatable bonds is 2. The molecule has 0 bridgehead atoms. The van der Waals surface area contributed by atoms with Crippen molar-refractivity contribution in [2.45, 2.75) is 0 Å². The molecule has 5 rings (SSSR count). The summed E-state index contributed by atoms with van der Waals surface area (Å²) in [6.07, 6.45) is 0. The monoisotopic (exact) mass is 374 g/mol. The number of halogens is 1. The largest absolute Gasteiger partial charge is 0.268 e. The van der Waals surface area contributed by atoms with E-state index in [0.29, 0.717) is 16.8 Å². The lowest BCUT2D eigenvalue weighted by Crippen LogP contribution is -2.29. The molecular formula is C21H11FN2O2S. The second kappa shape index (κ2) is 5.82. The van der Waals surface area contributed by atoms with Crippen LogP contribution in [0, 0.1) is 5.82 Å². The molecule has 2 amide bonds. The first kappa shape index (κ1) is 15.8. The minimum atomic E-state index is -0.321. The van der Waals surface area contributed by atoms with Gasteiger partial charge in [-0.1, -0.05) is 12.1 Å². The highest BCUT2D eigenvalue weighted by Crippen LogP contribution is 2.33. The Bertz CT molecular complexity index is 1200. The minimum absolute atomic E-state index is 0.293. The van der Waals surface area contributed by atoms with Gasteiger partial charge >= 0.3 is 0 Å². The van der Waals surface area contributed by atoms with Crippen molar-refractivity contribution in [1.82, 2.24) is 4.98 Å². The highest BCUT2D eigenvalue weighted by Gasteiger charge is 2.36. The van der Waals surface area contributed by atoms with Crippen LogP contribution in [0.25, 0.3) is 20.8 Å². The fraction of sp³-hybridized carbons (Fsp3) is 0. The fourth-order valence-corrected chi connectivity index (χ4v) is 4.19. The van der Waals surface area contributed by atoms with Crippen LogP contribution in [0.1, 0.15) is 20.7 Å². The van der Waals surface area contributed by atoms with Gasteiger partial charge in [-0.3, -0.25) is 9.59 Å². The molecule has 4 nitrogen and oxygen atoms in total. The number of anilines is 1. The fourth-order valence-electron chi connectivity index (χ4n) is 3.20. The summed E-state index contributed by atoms with van der Waals surface area (Å²) in [5.41, 5.74) is 2.93. The van der Waals surface area contributed by atoms with Crippen molar-refractivity contribution in [3.8, 4) is 10.6 Å². The number of benzene rings is 3. The molecule has 1 aromatic heterocycles. The average molecular weight is 374 g/mol. The lowest BCUT2D eigenvalue weighted by Gasteiger charge is -2.14. The Hall–Kier alpha value is -3.38. The van der Waals surface area contributed by atoms with Crippen LogP contribution >= 0.6 is 11.3 Å². The zero-order chi connectivity index (χ0) is 18.5. The van der Waals surface area contributed by atoms with E-state index in [1.165, 1.54) is 28.4 Å². The van der Waals surface area contributed by atoms with Gasteiger partial charge in [-0.05, 0) is 54.6 Å². The van der Waals surface area contributed by atoms with Crippen molar-refractivity contribution in [2.24, 2.45) is 0 Å². The van der Waals surface area contributed by atoms with E-state index >= 15 is 0 Å². The van der Waals surface area contributed by atoms with Gasteiger partial charge in [0.1, 0.15) is 10.8 Å². The maximum absolute atomic E-state index is 13.4. The van der Waals surface area contributed by atoms with Crippen LogP contribution < -0.4 is 4.90 Å². The predicted molar refractivity (Wildman–Crippen MR) is 103 cm³/mol. The molecule has 0 N–H and O–H groups in total. The van der Waals surface area contributed by atoms with E-state index in [0.717, 1.165) is 20.8 Å². The summed E-state index contributed by atoms with van der Waals surface area (Å²) in [6, 6.07) is 18.4. The molecule has 130 valence electrons. The first-order chi connectivity index (χ1) is 13.1. The lowest BCUT2D eigenvalue weighted by atomic mass is 10.1. The average Bonchev–Trinajstić information content (AvgIpc) is 3.21. The van der Waals surface area contributed by atoms with Gasteiger partial charge in [0.25, 0.3) is 11.8 Å². The number of carbonyl (C=O) groups excluding carboxylic acids is 2. The Morgan fingerprint density at radius 2 is 1.52 bits per heavy atom. The second-order valence-electron chi connectivity index (χ2n) is 6.17. The third-order valence-corrected chi connectivity index (χ3v) is 5.58. The van der Waals surface area contributed by atoms with Crippen molar-refractivity contribution in [3.63, 3.8) is 0 Å². The molecule has 0 radical (unpaired) electrons. The zero-order valence-corrected chi connectivity index (χ0v) is 14.7. The molecule has 6 heteroatoms. The standard InChI is InChI=1S/C21H11FN2O2S/c22-13-7-10-17-18(11-13)27-19(23-17)12-5-8-14(9-6-12)24-20(25)15-3-1-2-4-16(15)21(24)26/h1-11H. The molecule has 4 aromatic rings. The number of thiazole rings is 1. The maximum Gasteiger partial charge on any atom is 0.266 e. The zero-order valence-electron chi connectivity index (χ0n) is 13.8. The molecule has 0 saturated carbocycles. The predicted octanol–water partition coefficient (Wildman–Crippen LogP) is 4.90. The van der Waals surface area contributed by atoms with Crippen LogP contribution in [0.4, 0.5) is 10.1 Å². The molecule has 0 spiro atoms. The first-order valence-corrected chi connectivity index (χ1v) is 9.08. The molecule has 2 heterocycles. The Balaban J connectivity index is 1.50. The summed E-state index contributed by atoms with van der Waals surface area (Å²) < 4.78 is 14.1. The van der Waals surface area contributed by atoms with Gasteiger partial charge in [0, 0.05) is 5.56 Å². The minimum Gasteiger partial charge on any atom is -0.268 e. The Morgan fingerprint density at radius 3 is 2.19 bits per heavy atom. The van der Waals surface area contributed by atoms with Crippen LogP contribution in [0.15, 0.2) is 66.7 Å². The lowest BCUT2D eigenvalue weighted by molar-refractivity contribution is 0.0926. The van der Waals surface area contributed by atoms with Gasteiger partial charge in [0.05, 0.1) is 27.0 Å². The second-order valence-corrected chi connectivity index (χ2v) is 7.20. The number of hydrogen-bond donors (Lipinski definition) is 0. The summed E-state index contributed by atoms with van der Waals surface area (Å²) in [5.74, 6) is -0.934. The maximum atomic E-state index is 13.4. The quantitative estimate of drug-likeness (QED) is 0.469. The third kappa shape index (κ3) is 2.45. The number of amides is 2. The molecular weight excluding hydrogens is 363 g/mol. The van der Waals surface area contributed by atoms with E-state index in [1.54, 1.807) is 42.5 Å². The van der Waals surface area contributed by atoms with Gasteiger partial charge in [-0.2, -0.15) is 0 Å². The summed E-state index contributed by atoms with van der Waals surface area (Å²) in [5, 5.41) is 0.754. The van der Waals surface area contributed by atoms with Crippen molar-refractivity contribution < 1.29 is 14.0 Å². The highest BCUT2D eigenvalue weighted by atomic mass is 32.1. The molecule has 3 aromatic carbocycles. The van der Waals surface area contributed by atoms with E-state index in [1.807, 2.05) is 12.1 Å². The van der Waals surface area contributed by atoms with Crippen molar-refractivity contribution in [1.29, 1.82) is 0 Å². The normalized spacial score (nSPS) is 13.4. The van der Waals surface area contributed by atoms with E-state index in [9.17, 15) is 14.0 Å². The number of fused-ring (bicyclic) bond motifs is 2. The summed E-state index contributed by atoms with van der Waals surface area (Å²) in [7, 11) is 0. The van der Waals surface area contributed by atoms with Crippen LogP contribution in [-0.2, 0) is 0 Å². The number of hydrogen-bond acceptors (Lipinski definition) is 4. The van der Waals surface area contributed by atoms with Gasteiger partial charge in [-0.15, -0.1) is 11.3 Å². The molecule has 27 heavy (non-hydrogen) atoms. The molecule has 0 saturated heterocycles. The van der Waals surface area contributed by atoms with Crippen LogP contribution in [0.5, 0.6) is 0 Å². The van der Waals surface area contributed by atoms with Gasteiger partial charge < -0.3 is 0 Å². The Morgan fingerprint density at radius 1 is 0.852 bits per heavy atom. The van der Waals surface area contributed by atoms with Crippen molar-refractivity contribution in [3.05, 3.63) is 83.7 Å². The third-order valence-electron chi connectivity index (χ3n) is 4.52.